The summed E-state index contributed by atoms with van der Waals surface area (Å²) >= 11 is 0. The lowest BCUT2D eigenvalue weighted by Gasteiger charge is -2.19. The first-order valence-electron chi connectivity index (χ1n) is 21.7. The second kappa shape index (κ2) is 27.6. The molecule has 11 heteroatoms. The van der Waals surface area contributed by atoms with Gasteiger partial charge in [-0.3, -0.25) is 23.9 Å². The van der Waals surface area contributed by atoms with E-state index in [4.69, 9.17) is 19.9 Å². The van der Waals surface area contributed by atoms with E-state index in [1.807, 2.05) is 0 Å². The SMILES string of the molecule is CCCCCCCCCCCCCCCC(=O)OC[C@H]1O[C@@H](n2cnc3c(=O)[nH]c(N)nc32)C[C@@H]1OC(=O)CCCCCCCCCCCCCCC. The van der Waals surface area contributed by atoms with Gasteiger partial charge in [0.1, 0.15) is 25.0 Å². The van der Waals surface area contributed by atoms with Crippen molar-refractivity contribution in [3.8, 4) is 0 Å². The molecule has 0 aromatic carbocycles. The molecular weight excluding hydrogens is 670 g/mol. The van der Waals surface area contributed by atoms with E-state index in [9.17, 15) is 14.4 Å². The summed E-state index contributed by atoms with van der Waals surface area (Å²) in [5.41, 5.74) is 5.80. The number of hydrogen-bond acceptors (Lipinski definition) is 9. The highest BCUT2D eigenvalue weighted by molar-refractivity contribution is 5.71. The number of nitrogens with zero attached hydrogens (tertiary/aromatic N) is 3. The van der Waals surface area contributed by atoms with E-state index in [0.29, 0.717) is 19.3 Å². The van der Waals surface area contributed by atoms with Crippen molar-refractivity contribution in [2.45, 2.75) is 218 Å². The number of ether oxygens (including phenoxy) is 3. The second-order valence-electron chi connectivity index (χ2n) is 15.3. The van der Waals surface area contributed by atoms with Crippen LogP contribution in [-0.2, 0) is 23.8 Å². The number of esters is 2. The van der Waals surface area contributed by atoms with Crippen molar-refractivity contribution in [3.63, 3.8) is 0 Å². The second-order valence-corrected chi connectivity index (χ2v) is 15.3. The zero-order valence-electron chi connectivity index (χ0n) is 33.4. The van der Waals surface area contributed by atoms with E-state index in [2.05, 4.69) is 28.8 Å². The molecule has 0 bridgehead atoms. The Morgan fingerprint density at radius 2 is 1.19 bits per heavy atom. The summed E-state index contributed by atoms with van der Waals surface area (Å²) < 4.78 is 19.5. The third kappa shape index (κ3) is 18.3. The fraction of sp³-hybridized carbons (Fsp3) is 0.833. The van der Waals surface area contributed by atoms with E-state index >= 15 is 0 Å². The highest BCUT2D eigenvalue weighted by atomic mass is 16.6. The highest BCUT2D eigenvalue weighted by Gasteiger charge is 2.40. The van der Waals surface area contributed by atoms with Gasteiger partial charge in [-0.1, -0.05) is 168 Å². The van der Waals surface area contributed by atoms with Crippen LogP contribution in [0, 0.1) is 0 Å². The van der Waals surface area contributed by atoms with Crippen LogP contribution in [0.2, 0.25) is 0 Å². The van der Waals surface area contributed by atoms with Gasteiger partial charge in [0, 0.05) is 19.3 Å². The molecule has 2 aromatic rings. The quantitative estimate of drug-likeness (QED) is 0.0551. The van der Waals surface area contributed by atoms with Crippen molar-refractivity contribution >= 4 is 29.1 Å². The molecule has 0 spiro atoms. The fourth-order valence-electron chi connectivity index (χ4n) is 7.35. The highest BCUT2D eigenvalue weighted by Crippen LogP contribution is 2.33. The van der Waals surface area contributed by atoms with Gasteiger partial charge in [0.15, 0.2) is 11.2 Å². The number of anilines is 1. The van der Waals surface area contributed by atoms with Crippen LogP contribution in [0.1, 0.15) is 206 Å². The topological polar surface area (TPSA) is 151 Å². The maximum absolute atomic E-state index is 12.9. The van der Waals surface area contributed by atoms with Crippen LogP contribution in [0.5, 0.6) is 0 Å². The molecule has 11 nitrogen and oxygen atoms in total. The molecule has 0 saturated carbocycles. The maximum atomic E-state index is 12.9. The van der Waals surface area contributed by atoms with E-state index in [-0.39, 0.29) is 35.7 Å². The molecule has 1 saturated heterocycles. The average Bonchev–Trinajstić information content (AvgIpc) is 3.75. The molecule has 1 fully saturated rings. The lowest BCUT2D eigenvalue weighted by atomic mass is 10.0. The van der Waals surface area contributed by atoms with Gasteiger partial charge in [0.05, 0.1) is 6.33 Å². The summed E-state index contributed by atoms with van der Waals surface area (Å²) in [6.45, 7) is 4.49. The van der Waals surface area contributed by atoms with Crippen LogP contribution in [0.25, 0.3) is 11.2 Å². The number of imidazole rings is 1. The number of carbonyl (C=O) groups is 2. The summed E-state index contributed by atoms with van der Waals surface area (Å²) in [4.78, 5) is 48.9. The predicted octanol–water partition coefficient (Wildman–Crippen LogP) is 10.4. The zero-order chi connectivity index (χ0) is 37.9. The van der Waals surface area contributed by atoms with Gasteiger partial charge in [0.25, 0.3) is 5.56 Å². The minimum absolute atomic E-state index is 0.0206. The molecule has 3 heterocycles. The van der Waals surface area contributed by atoms with Crippen molar-refractivity contribution < 1.29 is 23.8 Å². The third-order valence-electron chi connectivity index (χ3n) is 10.6. The van der Waals surface area contributed by atoms with Crippen LogP contribution in [0.15, 0.2) is 11.1 Å². The van der Waals surface area contributed by atoms with Crippen LogP contribution in [-0.4, -0.2) is 50.3 Å². The lowest BCUT2D eigenvalue weighted by Crippen LogP contribution is -2.32. The minimum Gasteiger partial charge on any atom is -0.463 e. The predicted molar refractivity (Wildman–Crippen MR) is 213 cm³/mol. The molecule has 1 aliphatic rings. The van der Waals surface area contributed by atoms with Gasteiger partial charge < -0.3 is 19.9 Å². The first-order valence-corrected chi connectivity index (χ1v) is 21.7. The molecule has 0 aliphatic carbocycles. The van der Waals surface area contributed by atoms with Crippen molar-refractivity contribution in [2.24, 2.45) is 0 Å². The molecule has 0 radical (unpaired) electrons. The summed E-state index contributed by atoms with van der Waals surface area (Å²) in [5, 5.41) is 0. The van der Waals surface area contributed by atoms with Gasteiger partial charge in [0.2, 0.25) is 5.95 Å². The van der Waals surface area contributed by atoms with Crippen molar-refractivity contribution in [1.82, 2.24) is 19.5 Å². The standard InChI is InChI=1S/C42H73N5O6/c1-3-5-7-9-11-13-15-17-19-21-23-25-27-29-37(48)51-32-35-34(31-36(52-35)47-33-44-39-40(47)45-42(43)46-41(39)50)53-38(49)30-28-26-24-22-20-18-16-14-12-10-8-6-4-2/h33-36H,3-32H2,1-2H3,(H3,43,45,46,50)/t34-,35+,36+/m0/s1. The maximum Gasteiger partial charge on any atom is 0.306 e. The molecule has 53 heavy (non-hydrogen) atoms. The van der Waals surface area contributed by atoms with Gasteiger partial charge in [-0.25, -0.2) is 4.98 Å². The van der Waals surface area contributed by atoms with Crippen LogP contribution >= 0.6 is 0 Å². The fourth-order valence-corrected chi connectivity index (χ4v) is 7.35. The van der Waals surface area contributed by atoms with E-state index in [0.717, 1.165) is 38.5 Å². The van der Waals surface area contributed by atoms with Crippen molar-refractivity contribution in [1.29, 1.82) is 0 Å². The van der Waals surface area contributed by atoms with E-state index < -0.39 is 24.0 Å². The lowest BCUT2D eigenvalue weighted by molar-refractivity contribution is -0.158. The zero-order valence-corrected chi connectivity index (χ0v) is 33.4. The third-order valence-corrected chi connectivity index (χ3v) is 10.6. The van der Waals surface area contributed by atoms with Crippen molar-refractivity contribution in [2.75, 3.05) is 12.3 Å². The van der Waals surface area contributed by atoms with Crippen LogP contribution in [0.3, 0.4) is 0 Å². The Bertz CT molecular complexity index is 1330. The molecule has 302 valence electrons. The first kappa shape index (κ1) is 44.4. The Kier molecular flexibility index (Phi) is 23.2. The Hall–Kier alpha value is -2.95. The summed E-state index contributed by atoms with van der Waals surface area (Å²) in [7, 11) is 0. The largest absolute Gasteiger partial charge is 0.463 e. The Labute approximate surface area is 319 Å². The van der Waals surface area contributed by atoms with Gasteiger partial charge in [-0.2, -0.15) is 4.98 Å². The van der Waals surface area contributed by atoms with Crippen LogP contribution in [0.4, 0.5) is 5.95 Å². The van der Waals surface area contributed by atoms with E-state index in [1.54, 1.807) is 4.57 Å². The number of rotatable bonds is 32. The van der Waals surface area contributed by atoms with Gasteiger partial charge in [-0.05, 0) is 12.8 Å². The Balaban J connectivity index is 1.36. The molecule has 3 N–H and O–H groups in total. The molecule has 0 unspecified atom stereocenters. The number of aromatic amines is 1. The normalized spacial score (nSPS) is 17.1. The van der Waals surface area contributed by atoms with Crippen LogP contribution < -0.4 is 11.3 Å². The van der Waals surface area contributed by atoms with E-state index in [1.165, 1.54) is 135 Å². The number of nitrogens with one attached hydrogen (secondary N) is 1. The molecular formula is C42H73N5O6. The number of H-pyrrole nitrogens is 1. The number of nitrogens with two attached hydrogens (primary N) is 1. The average molecular weight is 744 g/mol. The summed E-state index contributed by atoms with van der Waals surface area (Å²) in [6, 6.07) is 0. The molecule has 2 aromatic heterocycles. The van der Waals surface area contributed by atoms with Crippen molar-refractivity contribution in [3.05, 3.63) is 16.7 Å². The summed E-state index contributed by atoms with van der Waals surface area (Å²) in [6.07, 6.45) is 32.9. The number of carbonyl (C=O) groups excluding carboxylic acids is 2. The monoisotopic (exact) mass is 744 g/mol. The Morgan fingerprint density at radius 1 is 0.736 bits per heavy atom. The molecule has 3 atom stereocenters. The van der Waals surface area contributed by atoms with Gasteiger partial charge >= 0.3 is 11.9 Å². The number of fused-ring (bicyclic) bond motifs is 1. The number of nitrogen functional groups attached to an aromatic ring is 1. The molecule has 0 amide bonds. The molecule has 3 rings (SSSR count). The Morgan fingerprint density at radius 3 is 1.68 bits per heavy atom. The van der Waals surface area contributed by atoms with Gasteiger partial charge in [-0.15, -0.1) is 0 Å². The number of aromatic nitrogens is 4. The minimum atomic E-state index is -0.650. The number of unbranched alkanes of at least 4 members (excludes halogenated alkanes) is 24. The summed E-state index contributed by atoms with van der Waals surface area (Å²) in [5.74, 6) is -0.576. The molecule has 1 aliphatic heterocycles. The number of hydrogen-bond donors (Lipinski definition) is 2. The smallest absolute Gasteiger partial charge is 0.306 e. The first-order chi connectivity index (χ1) is 25.9.